The molecule has 4 aromatic rings. The molecule has 3 aromatic carbocycles. The van der Waals surface area contributed by atoms with E-state index >= 15 is 0 Å². The van der Waals surface area contributed by atoms with Crippen molar-refractivity contribution in [3.05, 3.63) is 82.1 Å². The van der Waals surface area contributed by atoms with Crippen molar-refractivity contribution in [2.24, 2.45) is 0 Å². The lowest BCUT2D eigenvalue weighted by molar-refractivity contribution is 0.0953. The molecule has 0 fully saturated rings. The topological polar surface area (TPSA) is 74.6 Å². The maximum atomic E-state index is 12.9. The summed E-state index contributed by atoms with van der Waals surface area (Å²) in [4.78, 5) is 17.7. The zero-order valence-corrected chi connectivity index (χ0v) is 20.9. The van der Waals surface area contributed by atoms with E-state index in [1.54, 1.807) is 12.1 Å². The Bertz CT molecular complexity index is 1280. The molecule has 0 aliphatic carbocycles. The number of nitrogens with one attached hydrogen (secondary N) is 1. The van der Waals surface area contributed by atoms with Gasteiger partial charge in [0, 0.05) is 29.5 Å². The summed E-state index contributed by atoms with van der Waals surface area (Å²) in [5.74, 6) is 2.00. The molecule has 1 aromatic heterocycles. The first kappa shape index (κ1) is 23.6. The second-order valence-corrected chi connectivity index (χ2v) is 8.56. The van der Waals surface area contributed by atoms with Gasteiger partial charge in [-0.15, -0.1) is 0 Å². The van der Waals surface area contributed by atoms with Gasteiger partial charge >= 0.3 is 0 Å². The highest BCUT2D eigenvalue weighted by molar-refractivity contribution is 9.10. The summed E-state index contributed by atoms with van der Waals surface area (Å²) in [5, 5.41) is 2.98. The Labute approximate surface area is 206 Å². The first-order valence-corrected chi connectivity index (χ1v) is 11.6. The van der Waals surface area contributed by atoms with Crippen molar-refractivity contribution in [3.63, 3.8) is 0 Å². The smallest absolute Gasteiger partial charge is 0.251 e. The van der Waals surface area contributed by atoms with Crippen LogP contribution in [-0.4, -0.2) is 43.3 Å². The average molecular weight is 524 g/mol. The number of nitrogens with zero attached hydrogens (tertiary/aromatic N) is 2. The second-order valence-electron chi connectivity index (χ2n) is 7.65. The van der Waals surface area contributed by atoms with E-state index in [0.717, 1.165) is 21.3 Å². The van der Waals surface area contributed by atoms with E-state index in [1.807, 2.05) is 30.3 Å². The highest BCUT2D eigenvalue weighted by Gasteiger charge is 2.17. The number of rotatable bonds is 9. The average Bonchev–Trinajstić information content (AvgIpc) is 3.21. The number of methoxy groups -OCH3 is 3. The number of hydrogen-bond donors (Lipinski definition) is 1. The predicted molar refractivity (Wildman–Crippen MR) is 135 cm³/mol. The summed E-state index contributed by atoms with van der Waals surface area (Å²) in [6.45, 7) is 1.13. The van der Waals surface area contributed by atoms with Crippen LogP contribution >= 0.6 is 15.9 Å². The number of benzene rings is 3. The minimum Gasteiger partial charge on any atom is -0.493 e. The summed E-state index contributed by atoms with van der Waals surface area (Å²) in [5.41, 5.74) is 3.61. The van der Waals surface area contributed by atoms with Crippen LogP contribution in [0.4, 0.5) is 0 Å². The lowest BCUT2D eigenvalue weighted by Crippen LogP contribution is -2.26. The Kier molecular flexibility index (Phi) is 7.37. The van der Waals surface area contributed by atoms with Crippen LogP contribution in [0.2, 0.25) is 0 Å². The Morgan fingerprint density at radius 2 is 1.65 bits per heavy atom. The van der Waals surface area contributed by atoms with Crippen LogP contribution in [0.1, 0.15) is 21.7 Å². The number of aromatic nitrogens is 2. The molecule has 0 radical (unpaired) electrons. The molecule has 1 N–H and O–H groups in total. The monoisotopic (exact) mass is 523 g/mol. The van der Waals surface area contributed by atoms with Gasteiger partial charge in [0.15, 0.2) is 11.5 Å². The molecular weight excluding hydrogens is 498 g/mol. The third kappa shape index (κ3) is 5.02. The molecule has 0 aliphatic heterocycles. The third-order valence-electron chi connectivity index (χ3n) is 5.55. The Hall–Kier alpha value is -3.52. The fraction of sp³-hybridized carbons (Fsp3) is 0.231. The molecule has 0 aliphatic rings. The number of hydrogen-bond acceptors (Lipinski definition) is 5. The second kappa shape index (κ2) is 10.6. The number of carbonyl (C=O) groups is 1. The van der Waals surface area contributed by atoms with Gasteiger partial charge in [-0.1, -0.05) is 40.2 Å². The minimum absolute atomic E-state index is 0.227. The largest absolute Gasteiger partial charge is 0.493 e. The van der Waals surface area contributed by atoms with Crippen molar-refractivity contribution >= 4 is 32.9 Å². The predicted octanol–water partition coefficient (Wildman–Crippen LogP) is 4.85. The van der Waals surface area contributed by atoms with Crippen LogP contribution in [-0.2, 0) is 13.0 Å². The molecule has 7 nitrogen and oxygen atoms in total. The normalized spacial score (nSPS) is 10.8. The lowest BCUT2D eigenvalue weighted by Gasteiger charge is -2.14. The summed E-state index contributed by atoms with van der Waals surface area (Å²) in [6.07, 6.45) is 0.585. The van der Waals surface area contributed by atoms with Crippen molar-refractivity contribution in [2.45, 2.75) is 13.0 Å². The molecule has 0 saturated carbocycles. The zero-order chi connectivity index (χ0) is 24.1. The number of imidazole rings is 1. The van der Waals surface area contributed by atoms with E-state index in [-0.39, 0.29) is 5.91 Å². The number of ether oxygens (including phenoxy) is 3. The van der Waals surface area contributed by atoms with Gasteiger partial charge in [-0.2, -0.15) is 0 Å². The van der Waals surface area contributed by atoms with Crippen molar-refractivity contribution in [2.75, 3.05) is 27.9 Å². The first-order valence-electron chi connectivity index (χ1n) is 10.8. The molecular formula is C26H26BrN3O4. The van der Waals surface area contributed by atoms with Crippen molar-refractivity contribution in [1.82, 2.24) is 14.9 Å². The summed E-state index contributed by atoms with van der Waals surface area (Å²) >= 11 is 3.49. The van der Waals surface area contributed by atoms with Crippen molar-refractivity contribution in [3.8, 4) is 17.2 Å². The van der Waals surface area contributed by atoms with E-state index in [2.05, 4.69) is 44.0 Å². The number of carbonyl (C=O) groups excluding carboxylic acids is 1. The Balaban J connectivity index is 1.52. The van der Waals surface area contributed by atoms with Crippen molar-refractivity contribution in [1.29, 1.82) is 0 Å². The zero-order valence-electron chi connectivity index (χ0n) is 19.3. The van der Waals surface area contributed by atoms with Crippen molar-refractivity contribution < 1.29 is 19.0 Å². The van der Waals surface area contributed by atoms with Gasteiger partial charge in [0.1, 0.15) is 5.82 Å². The molecule has 1 amide bonds. The van der Waals surface area contributed by atoms with Gasteiger partial charge in [-0.05, 0) is 42.0 Å². The first-order chi connectivity index (χ1) is 16.5. The van der Waals surface area contributed by atoms with E-state index in [0.29, 0.717) is 42.3 Å². The van der Waals surface area contributed by atoms with Crippen LogP contribution in [0.15, 0.2) is 65.1 Å². The fourth-order valence-corrected chi connectivity index (χ4v) is 4.13. The molecule has 1 heterocycles. The molecule has 176 valence electrons. The molecule has 0 atom stereocenters. The quantitative estimate of drug-likeness (QED) is 0.339. The maximum absolute atomic E-state index is 12.9. The molecule has 8 heteroatoms. The Morgan fingerprint density at radius 1 is 0.971 bits per heavy atom. The maximum Gasteiger partial charge on any atom is 0.251 e. The van der Waals surface area contributed by atoms with E-state index < -0.39 is 0 Å². The van der Waals surface area contributed by atoms with Crippen LogP contribution in [0, 0.1) is 0 Å². The SMILES string of the molecule is COc1cc(C(=O)NCCc2nc3ccccc3n2Cc2ccc(Br)cc2)cc(OC)c1OC. The fourth-order valence-electron chi connectivity index (χ4n) is 3.87. The summed E-state index contributed by atoms with van der Waals surface area (Å²) in [7, 11) is 4.57. The van der Waals surface area contributed by atoms with Gasteiger partial charge in [-0.3, -0.25) is 4.79 Å². The van der Waals surface area contributed by atoms with Gasteiger partial charge in [0.25, 0.3) is 5.91 Å². The number of para-hydroxylation sites is 2. The molecule has 34 heavy (non-hydrogen) atoms. The molecule has 0 saturated heterocycles. The summed E-state index contributed by atoms with van der Waals surface area (Å²) in [6, 6.07) is 19.6. The van der Waals surface area contributed by atoms with E-state index in [1.165, 1.54) is 26.9 Å². The van der Waals surface area contributed by atoms with E-state index in [4.69, 9.17) is 19.2 Å². The highest BCUT2D eigenvalue weighted by atomic mass is 79.9. The van der Waals surface area contributed by atoms with Crippen LogP contribution in [0.3, 0.4) is 0 Å². The number of fused-ring (bicyclic) bond motifs is 1. The molecule has 0 spiro atoms. The van der Waals surface area contributed by atoms with Gasteiger partial charge < -0.3 is 24.1 Å². The third-order valence-corrected chi connectivity index (χ3v) is 6.08. The van der Waals surface area contributed by atoms with Gasteiger partial charge in [0.2, 0.25) is 5.75 Å². The van der Waals surface area contributed by atoms with Gasteiger partial charge in [0.05, 0.1) is 32.4 Å². The number of amides is 1. The molecule has 4 rings (SSSR count). The highest BCUT2D eigenvalue weighted by Crippen LogP contribution is 2.38. The van der Waals surface area contributed by atoms with Crippen LogP contribution in [0.25, 0.3) is 11.0 Å². The number of halogens is 1. The molecule has 0 unspecified atom stereocenters. The summed E-state index contributed by atoms with van der Waals surface area (Å²) < 4.78 is 19.3. The standard InChI is InChI=1S/C26H26BrN3O4/c1-32-22-14-18(15-23(33-2)25(22)34-3)26(31)28-13-12-24-29-20-6-4-5-7-21(20)30(24)16-17-8-10-19(27)11-9-17/h4-11,14-15H,12-13,16H2,1-3H3,(H,28,31). The van der Waals surface area contributed by atoms with Crippen LogP contribution in [0.5, 0.6) is 17.2 Å². The van der Waals surface area contributed by atoms with E-state index in [9.17, 15) is 4.79 Å². The lowest BCUT2D eigenvalue weighted by atomic mass is 10.1. The van der Waals surface area contributed by atoms with Crippen LogP contribution < -0.4 is 19.5 Å². The minimum atomic E-state index is -0.227. The molecule has 0 bridgehead atoms. The Morgan fingerprint density at radius 3 is 2.29 bits per heavy atom. The van der Waals surface area contributed by atoms with Gasteiger partial charge in [-0.25, -0.2) is 4.98 Å².